The van der Waals surface area contributed by atoms with Crippen LogP contribution >= 0.6 is 22.6 Å². The molecule has 4 heteroatoms. The predicted molar refractivity (Wildman–Crippen MR) is 86.7 cm³/mol. The average molecular weight is 378 g/mol. The number of benzene rings is 1. The minimum Gasteiger partial charge on any atom is -0.492 e. The molecule has 1 aromatic carbocycles. The van der Waals surface area contributed by atoms with Gasteiger partial charge in [-0.25, -0.2) is 0 Å². The molecule has 0 aliphatic heterocycles. The van der Waals surface area contributed by atoms with Crippen LogP contribution in [0.3, 0.4) is 0 Å². The first-order valence-electron chi connectivity index (χ1n) is 6.43. The zero-order chi connectivity index (χ0) is 14.4. The van der Waals surface area contributed by atoms with E-state index in [1.54, 1.807) is 6.20 Å². The molecule has 3 nitrogen and oxygen atoms in total. The lowest BCUT2D eigenvalue weighted by Gasteiger charge is -2.07. The monoisotopic (exact) mass is 378 g/mol. The van der Waals surface area contributed by atoms with Crippen molar-refractivity contribution in [1.29, 1.82) is 5.26 Å². The van der Waals surface area contributed by atoms with Crippen molar-refractivity contribution in [2.24, 2.45) is 0 Å². The van der Waals surface area contributed by atoms with Crippen molar-refractivity contribution < 1.29 is 4.74 Å². The zero-order valence-corrected chi connectivity index (χ0v) is 13.4. The summed E-state index contributed by atoms with van der Waals surface area (Å²) in [5.41, 5.74) is 2.90. The molecule has 0 fully saturated rings. The first-order valence-corrected chi connectivity index (χ1v) is 7.51. The smallest absolute Gasteiger partial charge is 0.137 e. The summed E-state index contributed by atoms with van der Waals surface area (Å²) < 4.78 is 6.84. The number of nitriles is 1. The van der Waals surface area contributed by atoms with Crippen molar-refractivity contribution in [2.45, 2.75) is 19.8 Å². The second-order valence-corrected chi connectivity index (χ2v) is 5.67. The topological polar surface area (TPSA) is 45.9 Å². The number of aromatic nitrogens is 1. The lowest BCUT2D eigenvalue weighted by atomic mass is 10.1. The molecule has 102 valence electrons. The van der Waals surface area contributed by atoms with Gasteiger partial charge in [0.25, 0.3) is 0 Å². The van der Waals surface area contributed by atoms with Gasteiger partial charge in [-0.2, -0.15) is 5.26 Å². The Kier molecular flexibility index (Phi) is 5.36. The fourth-order valence-electron chi connectivity index (χ4n) is 1.83. The summed E-state index contributed by atoms with van der Waals surface area (Å²) in [6, 6.07) is 11.8. The second-order valence-electron chi connectivity index (χ2n) is 4.51. The van der Waals surface area contributed by atoms with Crippen molar-refractivity contribution in [3.05, 3.63) is 56.9 Å². The fourth-order valence-corrected chi connectivity index (χ4v) is 2.43. The number of hydrogen-bond acceptors (Lipinski definition) is 3. The van der Waals surface area contributed by atoms with Crippen molar-refractivity contribution in [2.75, 3.05) is 6.61 Å². The van der Waals surface area contributed by atoms with E-state index in [0.29, 0.717) is 12.2 Å². The Morgan fingerprint density at radius 3 is 2.85 bits per heavy atom. The molecule has 1 aromatic heterocycles. The van der Waals surface area contributed by atoms with Crippen LogP contribution in [0, 0.1) is 21.8 Å². The summed E-state index contributed by atoms with van der Waals surface area (Å²) in [7, 11) is 0. The van der Waals surface area contributed by atoms with Gasteiger partial charge in [0.15, 0.2) is 0 Å². The zero-order valence-electron chi connectivity index (χ0n) is 11.3. The SMILES string of the molecule is Cc1ccc(OCCCc2cc(C#N)ccc2I)cn1. The van der Waals surface area contributed by atoms with Crippen LogP contribution in [-0.4, -0.2) is 11.6 Å². The highest BCUT2D eigenvalue weighted by molar-refractivity contribution is 14.1. The number of pyridine rings is 1. The van der Waals surface area contributed by atoms with Crippen molar-refractivity contribution in [1.82, 2.24) is 4.98 Å². The van der Waals surface area contributed by atoms with Crippen molar-refractivity contribution in [3.63, 3.8) is 0 Å². The third-order valence-electron chi connectivity index (χ3n) is 2.92. The Labute approximate surface area is 132 Å². The van der Waals surface area contributed by atoms with Crippen LogP contribution in [0.5, 0.6) is 5.75 Å². The number of halogens is 1. The lowest BCUT2D eigenvalue weighted by molar-refractivity contribution is 0.309. The van der Waals surface area contributed by atoms with Crippen LogP contribution in [0.15, 0.2) is 36.5 Å². The van der Waals surface area contributed by atoms with Gasteiger partial charge < -0.3 is 4.74 Å². The van der Waals surface area contributed by atoms with Crippen molar-refractivity contribution >= 4 is 22.6 Å². The van der Waals surface area contributed by atoms with Crippen LogP contribution in [0.2, 0.25) is 0 Å². The Morgan fingerprint density at radius 2 is 2.15 bits per heavy atom. The van der Waals surface area contributed by atoms with E-state index >= 15 is 0 Å². The predicted octanol–water partition coefficient (Wildman–Crippen LogP) is 3.88. The summed E-state index contributed by atoms with van der Waals surface area (Å²) in [6.07, 6.45) is 3.57. The van der Waals surface area contributed by atoms with E-state index < -0.39 is 0 Å². The van der Waals surface area contributed by atoms with Crippen LogP contribution in [0.25, 0.3) is 0 Å². The van der Waals surface area contributed by atoms with Crippen LogP contribution in [-0.2, 0) is 6.42 Å². The number of ether oxygens (including phenoxy) is 1. The van der Waals surface area contributed by atoms with Gasteiger partial charge in [0.2, 0.25) is 0 Å². The molecule has 0 unspecified atom stereocenters. The van der Waals surface area contributed by atoms with E-state index in [1.165, 1.54) is 9.13 Å². The van der Waals surface area contributed by atoms with E-state index in [2.05, 4.69) is 33.6 Å². The van der Waals surface area contributed by atoms with Gasteiger partial charge in [-0.3, -0.25) is 4.98 Å². The van der Waals surface area contributed by atoms with E-state index in [1.807, 2.05) is 37.3 Å². The molecule has 20 heavy (non-hydrogen) atoms. The number of nitrogens with zero attached hydrogens (tertiary/aromatic N) is 2. The molecule has 0 aliphatic carbocycles. The molecule has 0 bridgehead atoms. The summed E-state index contributed by atoms with van der Waals surface area (Å²) >= 11 is 2.30. The van der Waals surface area contributed by atoms with Gasteiger partial charge in [-0.05, 0) is 78.3 Å². The van der Waals surface area contributed by atoms with Crippen LogP contribution in [0.1, 0.15) is 23.2 Å². The Morgan fingerprint density at radius 1 is 1.30 bits per heavy atom. The molecule has 0 saturated heterocycles. The number of rotatable bonds is 5. The summed E-state index contributed by atoms with van der Waals surface area (Å²) in [4.78, 5) is 4.19. The number of hydrogen-bond donors (Lipinski definition) is 0. The Balaban J connectivity index is 1.84. The molecule has 0 N–H and O–H groups in total. The first-order chi connectivity index (χ1) is 9.69. The molecular formula is C16H15IN2O. The second kappa shape index (κ2) is 7.25. The normalized spacial score (nSPS) is 10.1. The first kappa shape index (κ1) is 14.8. The highest BCUT2D eigenvalue weighted by atomic mass is 127. The van der Waals surface area contributed by atoms with E-state index in [-0.39, 0.29) is 0 Å². The molecule has 0 saturated carbocycles. The van der Waals surface area contributed by atoms with Crippen LogP contribution in [0.4, 0.5) is 0 Å². The van der Waals surface area contributed by atoms with Gasteiger partial charge in [-0.1, -0.05) is 0 Å². The maximum Gasteiger partial charge on any atom is 0.137 e. The standard InChI is InChI=1S/C16H15IN2O/c1-12-4-6-15(11-19-12)20-8-2-3-14-9-13(10-18)5-7-16(14)17/h4-7,9,11H,2-3,8H2,1H3. The van der Waals surface area contributed by atoms with E-state index in [9.17, 15) is 0 Å². The van der Waals surface area contributed by atoms with E-state index in [0.717, 1.165) is 24.3 Å². The third kappa shape index (κ3) is 4.20. The minimum absolute atomic E-state index is 0.650. The fraction of sp³-hybridized carbons (Fsp3) is 0.250. The van der Waals surface area contributed by atoms with Gasteiger partial charge in [0, 0.05) is 9.26 Å². The molecule has 0 radical (unpaired) electrons. The summed E-state index contributed by atoms with van der Waals surface area (Å²) in [5.74, 6) is 0.802. The lowest BCUT2D eigenvalue weighted by Crippen LogP contribution is -2.01. The maximum absolute atomic E-state index is 8.91. The average Bonchev–Trinajstić information content (AvgIpc) is 2.47. The molecule has 2 aromatic rings. The van der Waals surface area contributed by atoms with Gasteiger partial charge in [0.05, 0.1) is 24.4 Å². The molecular weight excluding hydrogens is 363 g/mol. The summed E-state index contributed by atoms with van der Waals surface area (Å²) in [5, 5.41) is 8.91. The molecule has 0 amide bonds. The molecule has 1 heterocycles. The molecule has 2 rings (SSSR count). The summed E-state index contributed by atoms with van der Waals surface area (Å²) in [6.45, 7) is 2.60. The number of aryl methyl sites for hydroxylation is 2. The van der Waals surface area contributed by atoms with Gasteiger partial charge in [0.1, 0.15) is 5.75 Å². The van der Waals surface area contributed by atoms with Crippen LogP contribution < -0.4 is 4.74 Å². The maximum atomic E-state index is 8.91. The van der Waals surface area contributed by atoms with Gasteiger partial charge in [-0.15, -0.1) is 0 Å². The molecule has 0 aliphatic rings. The third-order valence-corrected chi connectivity index (χ3v) is 3.97. The van der Waals surface area contributed by atoms with E-state index in [4.69, 9.17) is 10.00 Å². The Hall–Kier alpha value is -1.61. The Bertz CT molecular complexity index is 617. The minimum atomic E-state index is 0.650. The molecule has 0 spiro atoms. The highest BCUT2D eigenvalue weighted by Gasteiger charge is 2.02. The largest absolute Gasteiger partial charge is 0.492 e. The highest BCUT2D eigenvalue weighted by Crippen LogP contribution is 2.16. The molecule has 0 atom stereocenters. The van der Waals surface area contributed by atoms with Crippen molar-refractivity contribution in [3.8, 4) is 11.8 Å². The van der Waals surface area contributed by atoms with Gasteiger partial charge >= 0.3 is 0 Å². The quantitative estimate of drug-likeness (QED) is 0.586.